The summed E-state index contributed by atoms with van der Waals surface area (Å²) in [6.45, 7) is -0.829. The van der Waals surface area contributed by atoms with E-state index in [9.17, 15) is 48.6 Å². The van der Waals surface area contributed by atoms with E-state index >= 15 is 0 Å². The van der Waals surface area contributed by atoms with Crippen molar-refractivity contribution in [1.82, 2.24) is 15.5 Å². The van der Waals surface area contributed by atoms with Crippen LogP contribution in [0.25, 0.3) is 11.0 Å². The molecule has 3 amide bonds. The standard InChI is InChI=1S/C34H25Cl6N3O16S/c1-13(44)54-8-15-10-60-29-23(28(49)43(29)24(15)30(50)51)42-27(48)22(14-2-4-16(45)5-3-14)41-26(47)18-9-55-19-7-21(59-32(53)57-12-34(38,39)40)20(6-17(19)25(18)46)58-31(52)56-11-33(35,36)37/h2-7,9,22-23,29,45H,8,10-12H2,1H3,(H,41,47)(H,42,48)(H,50,51)/t22-,23?,29-/m1/s1. The number of nitrogens with one attached hydrogen (secondary N) is 2. The molecule has 0 radical (unpaired) electrons. The molecule has 19 nitrogen and oxygen atoms in total. The summed E-state index contributed by atoms with van der Waals surface area (Å²) in [4.78, 5) is 104. The van der Waals surface area contributed by atoms with Crippen molar-refractivity contribution in [1.29, 1.82) is 0 Å². The Bertz CT molecular complexity index is 2350. The number of β-lactam (4-membered cyclic amide) rings is 1. The number of carboxylic acid groups (broad SMARTS) is 1. The van der Waals surface area contributed by atoms with E-state index in [1.165, 1.54) is 24.3 Å². The normalized spacial score (nSPS) is 16.8. The van der Waals surface area contributed by atoms with Crippen LogP contribution in [0.4, 0.5) is 9.59 Å². The minimum absolute atomic E-state index is 0.0307. The number of halogens is 6. The van der Waals surface area contributed by atoms with Crippen LogP contribution in [0.15, 0.2) is 63.1 Å². The molecule has 2 aliphatic rings. The van der Waals surface area contributed by atoms with E-state index in [-0.39, 0.29) is 34.8 Å². The summed E-state index contributed by atoms with van der Waals surface area (Å²) in [5.74, 6) is -6.63. The number of carbonyl (C=O) groups is 7. The van der Waals surface area contributed by atoms with E-state index in [1.807, 2.05) is 0 Å². The number of hydrogen-bond acceptors (Lipinski definition) is 16. The fourth-order valence-electron chi connectivity index (χ4n) is 5.37. The number of phenolic OH excluding ortho intramolecular Hbond substituents is 1. The summed E-state index contributed by atoms with van der Waals surface area (Å²) in [5, 5.41) is 23.3. The van der Waals surface area contributed by atoms with Crippen LogP contribution < -0.4 is 25.5 Å². The third kappa shape index (κ3) is 11.5. The Kier molecular flexibility index (Phi) is 14.5. The highest BCUT2D eigenvalue weighted by molar-refractivity contribution is 8.00. The molecular formula is C34H25Cl6N3O16S. The summed E-state index contributed by atoms with van der Waals surface area (Å²) < 4.78 is 25.9. The predicted molar refractivity (Wildman–Crippen MR) is 212 cm³/mol. The van der Waals surface area contributed by atoms with Gasteiger partial charge in [-0.2, -0.15) is 0 Å². The highest BCUT2D eigenvalue weighted by Gasteiger charge is 2.54. The van der Waals surface area contributed by atoms with Crippen molar-refractivity contribution in [3.63, 3.8) is 0 Å². The number of esters is 1. The number of carboxylic acids is 1. The molecule has 1 aromatic heterocycles. The van der Waals surface area contributed by atoms with E-state index in [4.69, 9.17) is 97.7 Å². The molecule has 0 spiro atoms. The molecule has 2 aromatic carbocycles. The lowest BCUT2D eigenvalue weighted by molar-refractivity contribution is -0.151. The van der Waals surface area contributed by atoms with Crippen molar-refractivity contribution < 1.29 is 71.9 Å². The number of amides is 3. The molecule has 4 N–H and O–H groups in total. The van der Waals surface area contributed by atoms with Gasteiger partial charge in [-0.05, 0) is 23.8 Å². The van der Waals surface area contributed by atoms with Crippen molar-refractivity contribution >= 4 is 134 Å². The van der Waals surface area contributed by atoms with Crippen molar-refractivity contribution in [3.05, 3.63) is 75.3 Å². The lowest BCUT2D eigenvalue weighted by atomic mass is 10.0. The maximum Gasteiger partial charge on any atom is 0.514 e. The van der Waals surface area contributed by atoms with Crippen LogP contribution in [0.2, 0.25) is 0 Å². The van der Waals surface area contributed by atoms with Gasteiger partial charge in [0, 0.05) is 24.3 Å². The number of carbonyl (C=O) groups excluding carboxylic acids is 6. The van der Waals surface area contributed by atoms with Crippen LogP contribution in [0.5, 0.6) is 17.2 Å². The molecule has 5 rings (SSSR count). The zero-order chi connectivity index (χ0) is 44.3. The zero-order valence-corrected chi connectivity index (χ0v) is 35.2. The largest absolute Gasteiger partial charge is 0.514 e. The Hall–Kier alpha value is -4.83. The molecular weight excluding hydrogens is 951 g/mol. The number of thioether (sulfide) groups is 1. The first-order valence-corrected chi connectivity index (χ1v) is 19.7. The molecule has 26 heteroatoms. The fourth-order valence-corrected chi connectivity index (χ4v) is 7.02. The van der Waals surface area contributed by atoms with E-state index < -0.39 is 114 Å². The number of aliphatic carboxylic acids is 1. The van der Waals surface area contributed by atoms with Crippen molar-refractivity contribution in [2.24, 2.45) is 0 Å². The smallest absolute Gasteiger partial charge is 0.508 e. The van der Waals surface area contributed by atoms with Gasteiger partial charge in [0.1, 0.15) is 66.1 Å². The summed E-state index contributed by atoms with van der Waals surface area (Å²) in [6.07, 6.45) is -2.29. The van der Waals surface area contributed by atoms with Gasteiger partial charge in [0.2, 0.25) is 18.9 Å². The molecule has 0 aliphatic carbocycles. The quantitative estimate of drug-likeness (QED) is 0.0609. The number of fused-ring (bicyclic) bond motifs is 2. The molecule has 0 saturated carbocycles. The summed E-state index contributed by atoms with van der Waals surface area (Å²) in [7, 11) is 0. The average Bonchev–Trinajstić information content (AvgIpc) is 3.16. The van der Waals surface area contributed by atoms with Gasteiger partial charge in [-0.3, -0.25) is 28.9 Å². The van der Waals surface area contributed by atoms with Crippen molar-refractivity contribution in [2.75, 3.05) is 25.6 Å². The zero-order valence-electron chi connectivity index (χ0n) is 29.8. The maximum absolute atomic E-state index is 13.8. The number of benzene rings is 2. The predicted octanol–water partition coefficient (Wildman–Crippen LogP) is 5.04. The number of nitrogens with zero attached hydrogens (tertiary/aromatic N) is 1. The van der Waals surface area contributed by atoms with Crippen molar-refractivity contribution in [2.45, 2.75) is 32.0 Å². The van der Waals surface area contributed by atoms with Crippen LogP contribution in [0.3, 0.4) is 0 Å². The van der Waals surface area contributed by atoms with Crippen molar-refractivity contribution in [3.8, 4) is 17.2 Å². The Morgan fingerprint density at radius 1 is 0.917 bits per heavy atom. The highest BCUT2D eigenvalue weighted by atomic mass is 35.6. The van der Waals surface area contributed by atoms with Gasteiger partial charge in [0.05, 0.1) is 5.39 Å². The molecule has 0 bridgehead atoms. The summed E-state index contributed by atoms with van der Waals surface area (Å²) in [5.41, 5.74) is -2.34. The number of phenols is 1. The molecule has 60 heavy (non-hydrogen) atoms. The molecule has 2 aliphatic heterocycles. The Morgan fingerprint density at radius 2 is 1.50 bits per heavy atom. The number of aromatic hydroxyl groups is 1. The highest BCUT2D eigenvalue weighted by Crippen LogP contribution is 2.41. The number of rotatable bonds is 12. The van der Waals surface area contributed by atoms with Gasteiger partial charge >= 0.3 is 24.2 Å². The van der Waals surface area contributed by atoms with Gasteiger partial charge in [0.15, 0.2) is 11.5 Å². The lowest BCUT2D eigenvalue weighted by Crippen LogP contribution is -2.71. The minimum atomic E-state index is -2.07. The first-order chi connectivity index (χ1) is 28.0. The van der Waals surface area contributed by atoms with Gasteiger partial charge in [-0.25, -0.2) is 14.4 Å². The van der Waals surface area contributed by atoms with Crippen LogP contribution in [-0.4, -0.2) is 102 Å². The van der Waals surface area contributed by atoms with E-state index in [2.05, 4.69) is 10.6 Å². The second-order valence-electron chi connectivity index (χ2n) is 12.2. The van der Waals surface area contributed by atoms with Gasteiger partial charge in [0.25, 0.3) is 11.8 Å². The number of alkyl halides is 6. The van der Waals surface area contributed by atoms with Gasteiger partial charge in [-0.1, -0.05) is 81.7 Å². The second-order valence-corrected chi connectivity index (χ2v) is 18.4. The van der Waals surface area contributed by atoms with Crippen LogP contribution in [-0.2, 0) is 33.4 Å². The molecule has 1 saturated heterocycles. The molecule has 3 atom stereocenters. The third-order valence-corrected chi connectivity index (χ3v) is 9.93. The molecule has 1 unspecified atom stereocenters. The van der Waals surface area contributed by atoms with Gasteiger partial charge < -0.3 is 48.9 Å². The Morgan fingerprint density at radius 3 is 2.05 bits per heavy atom. The van der Waals surface area contributed by atoms with E-state index in [0.29, 0.717) is 6.26 Å². The molecule has 3 aromatic rings. The molecule has 3 heterocycles. The topological polar surface area (TPSA) is 264 Å². The second kappa shape index (κ2) is 18.8. The van der Waals surface area contributed by atoms with E-state index in [0.717, 1.165) is 35.7 Å². The fraction of sp³-hybridized carbons (Fsp3) is 0.294. The van der Waals surface area contributed by atoms with Crippen LogP contribution in [0, 0.1) is 0 Å². The SMILES string of the molecule is CC(=O)OCC1=C(C(=O)O)N2C(=O)C(NC(=O)[C@H](NC(=O)c3coc4cc(OC(=O)OCC(Cl)(Cl)Cl)c(OC(=O)OCC(Cl)(Cl)Cl)cc4c3=O)c3ccc(O)cc3)[C@H]2SC1. The molecule has 320 valence electrons. The summed E-state index contributed by atoms with van der Waals surface area (Å²) >= 11 is 34.7. The first-order valence-electron chi connectivity index (χ1n) is 16.4. The number of ether oxygens (including phenoxy) is 5. The Labute approximate surface area is 369 Å². The van der Waals surface area contributed by atoms with Crippen LogP contribution in [0.1, 0.15) is 28.9 Å². The number of hydrogen-bond donors (Lipinski definition) is 4. The first kappa shape index (κ1) is 46.2. The van der Waals surface area contributed by atoms with E-state index in [1.54, 1.807) is 0 Å². The van der Waals surface area contributed by atoms with Gasteiger partial charge in [-0.15, -0.1) is 11.8 Å². The Balaban J connectivity index is 1.43. The minimum Gasteiger partial charge on any atom is -0.508 e. The monoisotopic (exact) mass is 973 g/mol. The average molecular weight is 976 g/mol. The lowest BCUT2D eigenvalue weighted by Gasteiger charge is -2.49. The van der Waals surface area contributed by atoms with Crippen LogP contribution >= 0.6 is 81.4 Å². The maximum atomic E-state index is 13.8. The third-order valence-electron chi connectivity index (χ3n) is 7.94. The summed E-state index contributed by atoms with van der Waals surface area (Å²) in [6, 6.07) is 3.70. The molecule has 1 fully saturated rings.